The first-order valence-electron chi connectivity index (χ1n) is 6.34. The number of thioether (sulfide) groups is 1. The molecular formula is C12H23N3O2S. The van der Waals surface area contributed by atoms with Gasteiger partial charge in [0.05, 0.1) is 12.6 Å². The Hall–Kier alpha value is -0.750. The summed E-state index contributed by atoms with van der Waals surface area (Å²) in [6.45, 7) is 6.61. The zero-order valence-electron chi connectivity index (χ0n) is 11.3. The van der Waals surface area contributed by atoms with Crippen LogP contribution in [0.3, 0.4) is 0 Å². The second-order valence-corrected chi connectivity index (χ2v) is 6.15. The van der Waals surface area contributed by atoms with E-state index in [0.717, 1.165) is 18.1 Å². The van der Waals surface area contributed by atoms with Crippen molar-refractivity contribution in [2.24, 2.45) is 11.7 Å². The molecule has 1 unspecified atom stereocenters. The molecular weight excluding hydrogens is 250 g/mol. The first-order valence-corrected chi connectivity index (χ1v) is 7.49. The summed E-state index contributed by atoms with van der Waals surface area (Å²) in [6, 6.07) is -0.306. The molecule has 1 heterocycles. The summed E-state index contributed by atoms with van der Waals surface area (Å²) in [4.78, 5) is 25.4. The van der Waals surface area contributed by atoms with Gasteiger partial charge in [0.15, 0.2) is 0 Å². The normalized spacial score (nSPS) is 21.8. The van der Waals surface area contributed by atoms with Crippen molar-refractivity contribution in [3.8, 4) is 0 Å². The molecule has 0 aromatic rings. The average Bonchev–Trinajstić information content (AvgIpc) is 2.35. The molecule has 0 aromatic carbocycles. The van der Waals surface area contributed by atoms with Gasteiger partial charge in [-0.1, -0.05) is 13.8 Å². The zero-order chi connectivity index (χ0) is 13.7. The SMILES string of the molecule is CC(C)[C@H](N)C(=O)NCC(=O)N1CCSCC1C. The highest BCUT2D eigenvalue weighted by Crippen LogP contribution is 2.15. The van der Waals surface area contributed by atoms with Crippen molar-refractivity contribution in [1.29, 1.82) is 0 Å². The molecule has 1 aliphatic heterocycles. The van der Waals surface area contributed by atoms with Crippen LogP contribution in [0, 0.1) is 5.92 Å². The summed E-state index contributed by atoms with van der Waals surface area (Å²) in [5.74, 6) is 1.73. The van der Waals surface area contributed by atoms with E-state index in [9.17, 15) is 9.59 Å². The summed E-state index contributed by atoms with van der Waals surface area (Å²) in [5, 5.41) is 2.62. The third kappa shape index (κ3) is 4.17. The maximum Gasteiger partial charge on any atom is 0.242 e. The second kappa shape index (κ2) is 6.99. The van der Waals surface area contributed by atoms with Crippen molar-refractivity contribution < 1.29 is 9.59 Å². The molecule has 2 atom stereocenters. The van der Waals surface area contributed by atoms with E-state index in [2.05, 4.69) is 5.32 Å². The lowest BCUT2D eigenvalue weighted by molar-refractivity contribution is -0.134. The molecule has 0 aliphatic carbocycles. The van der Waals surface area contributed by atoms with Crippen LogP contribution in [0.25, 0.3) is 0 Å². The predicted octanol–water partition coefficient (Wildman–Crippen LogP) is 0.0498. The number of nitrogens with two attached hydrogens (primary N) is 1. The first kappa shape index (κ1) is 15.3. The molecule has 0 spiro atoms. The fourth-order valence-electron chi connectivity index (χ4n) is 1.78. The molecule has 3 N–H and O–H groups in total. The second-order valence-electron chi connectivity index (χ2n) is 5.00. The lowest BCUT2D eigenvalue weighted by atomic mass is 10.1. The lowest BCUT2D eigenvalue weighted by Gasteiger charge is -2.33. The summed E-state index contributed by atoms with van der Waals surface area (Å²) >= 11 is 1.86. The maximum absolute atomic E-state index is 12.0. The number of amides is 2. The Labute approximate surface area is 113 Å². The monoisotopic (exact) mass is 273 g/mol. The van der Waals surface area contributed by atoms with Gasteiger partial charge in [0.2, 0.25) is 11.8 Å². The van der Waals surface area contributed by atoms with Gasteiger partial charge in [0.1, 0.15) is 0 Å². The Kier molecular flexibility index (Phi) is 5.95. The number of carbonyl (C=O) groups excluding carboxylic acids is 2. The van der Waals surface area contributed by atoms with E-state index in [-0.39, 0.29) is 30.3 Å². The number of rotatable bonds is 4. The molecule has 0 aromatic heterocycles. The van der Waals surface area contributed by atoms with Crippen molar-refractivity contribution in [2.75, 3.05) is 24.6 Å². The Balaban J connectivity index is 2.38. The fourth-order valence-corrected chi connectivity index (χ4v) is 2.80. The van der Waals surface area contributed by atoms with E-state index in [4.69, 9.17) is 5.73 Å². The topological polar surface area (TPSA) is 75.4 Å². The molecule has 5 nitrogen and oxygen atoms in total. The lowest BCUT2D eigenvalue weighted by Crippen LogP contribution is -2.51. The third-order valence-corrected chi connectivity index (χ3v) is 4.31. The molecule has 2 amide bonds. The molecule has 1 saturated heterocycles. The summed E-state index contributed by atoms with van der Waals surface area (Å²) in [7, 11) is 0. The van der Waals surface area contributed by atoms with Crippen LogP contribution in [0.5, 0.6) is 0 Å². The minimum atomic E-state index is -0.549. The summed E-state index contributed by atoms with van der Waals surface area (Å²) < 4.78 is 0. The highest BCUT2D eigenvalue weighted by atomic mass is 32.2. The van der Waals surface area contributed by atoms with Crippen molar-refractivity contribution in [3.05, 3.63) is 0 Å². The number of nitrogens with zero attached hydrogens (tertiary/aromatic N) is 1. The van der Waals surface area contributed by atoms with Gasteiger partial charge in [0, 0.05) is 24.1 Å². The summed E-state index contributed by atoms with van der Waals surface area (Å²) in [6.07, 6.45) is 0. The molecule has 0 radical (unpaired) electrons. The number of nitrogens with one attached hydrogen (secondary N) is 1. The van der Waals surface area contributed by atoms with Crippen LogP contribution < -0.4 is 11.1 Å². The third-order valence-electron chi connectivity index (χ3n) is 3.12. The Morgan fingerprint density at radius 1 is 1.50 bits per heavy atom. The number of hydrogen-bond donors (Lipinski definition) is 2. The van der Waals surface area contributed by atoms with E-state index < -0.39 is 6.04 Å². The van der Waals surface area contributed by atoms with Crippen molar-refractivity contribution in [3.63, 3.8) is 0 Å². The quantitative estimate of drug-likeness (QED) is 0.759. The van der Waals surface area contributed by atoms with Crippen LogP contribution in [0.2, 0.25) is 0 Å². The molecule has 6 heteroatoms. The van der Waals surface area contributed by atoms with Crippen molar-refractivity contribution >= 4 is 23.6 Å². The van der Waals surface area contributed by atoms with Crippen molar-refractivity contribution in [1.82, 2.24) is 10.2 Å². The average molecular weight is 273 g/mol. The van der Waals surface area contributed by atoms with Gasteiger partial charge >= 0.3 is 0 Å². The van der Waals surface area contributed by atoms with Crippen LogP contribution >= 0.6 is 11.8 Å². The first-order chi connectivity index (χ1) is 8.43. The van der Waals surface area contributed by atoms with Gasteiger partial charge in [-0.2, -0.15) is 11.8 Å². The van der Waals surface area contributed by atoms with Gasteiger partial charge in [-0.15, -0.1) is 0 Å². The minimum Gasteiger partial charge on any atom is -0.346 e. The predicted molar refractivity (Wildman–Crippen MR) is 74.3 cm³/mol. The number of hydrogen-bond acceptors (Lipinski definition) is 4. The van der Waals surface area contributed by atoms with Crippen molar-refractivity contribution in [2.45, 2.75) is 32.9 Å². The molecule has 1 aliphatic rings. The van der Waals surface area contributed by atoms with Gasteiger partial charge < -0.3 is 16.0 Å². The molecule has 104 valence electrons. The minimum absolute atomic E-state index is 0.0212. The highest BCUT2D eigenvalue weighted by molar-refractivity contribution is 7.99. The van der Waals surface area contributed by atoms with E-state index in [1.807, 2.05) is 37.4 Å². The molecule has 0 bridgehead atoms. The van der Waals surface area contributed by atoms with E-state index in [1.54, 1.807) is 0 Å². The molecule has 0 saturated carbocycles. The largest absolute Gasteiger partial charge is 0.346 e. The Morgan fingerprint density at radius 3 is 2.72 bits per heavy atom. The van der Waals surface area contributed by atoms with Crippen LogP contribution in [-0.2, 0) is 9.59 Å². The highest BCUT2D eigenvalue weighted by Gasteiger charge is 2.24. The van der Waals surface area contributed by atoms with Gasteiger partial charge in [-0.25, -0.2) is 0 Å². The zero-order valence-corrected chi connectivity index (χ0v) is 12.1. The maximum atomic E-state index is 12.0. The van der Waals surface area contributed by atoms with E-state index >= 15 is 0 Å². The van der Waals surface area contributed by atoms with Gasteiger partial charge in [-0.05, 0) is 12.8 Å². The summed E-state index contributed by atoms with van der Waals surface area (Å²) in [5.41, 5.74) is 5.71. The Bertz CT molecular complexity index is 310. The van der Waals surface area contributed by atoms with Crippen LogP contribution in [-0.4, -0.2) is 53.4 Å². The molecule has 1 rings (SSSR count). The smallest absolute Gasteiger partial charge is 0.242 e. The van der Waals surface area contributed by atoms with Crippen LogP contribution in [0.4, 0.5) is 0 Å². The van der Waals surface area contributed by atoms with E-state index in [0.29, 0.717) is 0 Å². The van der Waals surface area contributed by atoms with Gasteiger partial charge in [0.25, 0.3) is 0 Å². The Morgan fingerprint density at radius 2 is 2.17 bits per heavy atom. The van der Waals surface area contributed by atoms with Crippen LogP contribution in [0.1, 0.15) is 20.8 Å². The number of carbonyl (C=O) groups is 2. The molecule has 1 fully saturated rings. The fraction of sp³-hybridized carbons (Fsp3) is 0.833. The molecule has 18 heavy (non-hydrogen) atoms. The van der Waals surface area contributed by atoms with Gasteiger partial charge in [-0.3, -0.25) is 9.59 Å². The van der Waals surface area contributed by atoms with Crippen LogP contribution in [0.15, 0.2) is 0 Å². The standard InChI is InChI=1S/C12H23N3O2S/c1-8(2)11(13)12(17)14-6-10(16)15-4-5-18-7-9(15)3/h8-9,11H,4-7,13H2,1-3H3,(H,14,17)/t9?,11-/m0/s1. The van der Waals surface area contributed by atoms with E-state index in [1.165, 1.54) is 0 Å².